The molecule has 1 aromatic heterocycles. The summed E-state index contributed by atoms with van der Waals surface area (Å²) in [6.07, 6.45) is 4.38. The van der Waals surface area contributed by atoms with Gasteiger partial charge in [0.25, 0.3) is 0 Å². The first-order chi connectivity index (χ1) is 15.5. The van der Waals surface area contributed by atoms with E-state index in [1.165, 1.54) is 17.3 Å². The zero-order valence-electron chi connectivity index (χ0n) is 18.7. The SMILES string of the molecule is CN(C)CCNC(=O)CSc1nc(Cl)cc(N2CCN(CC=Cc3ccccc3)CC2)n1. The average Bonchev–Trinajstić information content (AvgIpc) is 2.78. The van der Waals surface area contributed by atoms with Crippen LogP contribution in [0.5, 0.6) is 0 Å². The van der Waals surface area contributed by atoms with Gasteiger partial charge in [-0.15, -0.1) is 0 Å². The molecule has 0 aliphatic carbocycles. The van der Waals surface area contributed by atoms with Gasteiger partial charge in [-0.3, -0.25) is 9.69 Å². The van der Waals surface area contributed by atoms with Crippen molar-refractivity contribution in [3.8, 4) is 0 Å². The molecule has 1 aliphatic heterocycles. The molecule has 3 rings (SSSR count). The minimum absolute atomic E-state index is 0.0286. The van der Waals surface area contributed by atoms with Gasteiger partial charge in [-0.05, 0) is 19.7 Å². The molecule has 1 amide bonds. The molecule has 0 spiro atoms. The van der Waals surface area contributed by atoms with Crippen LogP contribution in [0.3, 0.4) is 0 Å². The summed E-state index contributed by atoms with van der Waals surface area (Å²) >= 11 is 7.55. The molecule has 2 aromatic rings. The van der Waals surface area contributed by atoms with E-state index in [1.807, 2.05) is 25.1 Å². The highest BCUT2D eigenvalue weighted by Gasteiger charge is 2.19. The molecule has 9 heteroatoms. The normalized spacial score (nSPS) is 14.9. The van der Waals surface area contributed by atoms with Crippen LogP contribution >= 0.6 is 23.4 Å². The highest BCUT2D eigenvalue weighted by molar-refractivity contribution is 7.99. The fourth-order valence-electron chi connectivity index (χ4n) is 3.27. The van der Waals surface area contributed by atoms with Crippen LogP contribution in [0.2, 0.25) is 5.15 Å². The van der Waals surface area contributed by atoms with Gasteiger partial charge in [0.2, 0.25) is 5.91 Å². The number of carbonyl (C=O) groups excluding carboxylic acids is 1. The summed E-state index contributed by atoms with van der Waals surface area (Å²) < 4.78 is 0. The van der Waals surface area contributed by atoms with Crippen LogP contribution < -0.4 is 10.2 Å². The number of benzene rings is 1. The highest BCUT2D eigenvalue weighted by Crippen LogP contribution is 2.22. The first-order valence-corrected chi connectivity index (χ1v) is 12.1. The Morgan fingerprint density at radius 2 is 1.94 bits per heavy atom. The van der Waals surface area contributed by atoms with Gasteiger partial charge in [-0.2, -0.15) is 0 Å². The summed E-state index contributed by atoms with van der Waals surface area (Å²) in [6, 6.07) is 12.1. The van der Waals surface area contributed by atoms with Crippen molar-refractivity contribution in [3.05, 3.63) is 53.2 Å². The molecular weight excluding hydrogens is 444 g/mol. The Kier molecular flexibility index (Phi) is 9.80. The molecule has 32 heavy (non-hydrogen) atoms. The lowest BCUT2D eigenvalue weighted by atomic mass is 10.2. The quantitative estimate of drug-likeness (QED) is 0.322. The third-order valence-corrected chi connectivity index (χ3v) is 6.09. The van der Waals surface area contributed by atoms with Gasteiger partial charge in [0.05, 0.1) is 5.75 Å². The first kappa shape index (κ1) is 24.5. The Hall–Kier alpha value is -2.13. The second-order valence-corrected chi connectivity index (χ2v) is 9.20. The molecule has 0 atom stereocenters. The summed E-state index contributed by atoms with van der Waals surface area (Å²) in [6.45, 7) is 6.02. The maximum Gasteiger partial charge on any atom is 0.230 e. The number of aromatic nitrogens is 2. The van der Waals surface area contributed by atoms with Crippen LogP contribution in [0, 0.1) is 0 Å². The Morgan fingerprint density at radius 1 is 1.19 bits per heavy atom. The van der Waals surface area contributed by atoms with Crippen LogP contribution in [-0.2, 0) is 4.79 Å². The highest BCUT2D eigenvalue weighted by atomic mass is 35.5. The van der Waals surface area contributed by atoms with E-state index in [4.69, 9.17) is 11.6 Å². The summed E-state index contributed by atoms with van der Waals surface area (Å²) in [4.78, 5) is 27.6. The molecule has 0 bridgehead atoms. The van der Waals surface area contributed by atoms with Crippen molar-refractivity contribution in [2.75, 3.05) is 70.6 Å². The van der Waals surface area contributed by atoms with E-state index in [0.717, 1.165) is 45.1 Å². The predicted octanol–water partition coefficient (Wildman–Crippen LogP) is 2.74. The maximum absolute atomic E-state index is 12.0. The molecule has 0 radical (unpaired) electrons. The van der Waals surface area contributed by atoms with Crippen molar-refractivity contribution in [2.24, 2.45) is 0 Å². The lowest BCUT2D eigenvalue weighted by molar-refractivity contribution is -0.118. The van der Waals surface area contributed by atoms with E-state index in [-0.39, 0.29) is 11.7 Å². The second-order valence-electron chi connectivity index (χ2n) is 7.87. The number of rotatable bonds is 10. The topological polar surface area (TPSA) is 64.6 Å². The summed E-state index contributed by atoms with van der Waals surface area (Å²) in [5, 5.41) is 3.83. The van der Waals surface area contributed by atoms with Gasteiger partial charge in [0, 0.05) is 51.9 Å². The van der Waals surface area contributed by atoms with Crippen molar-refractivity contribution < 1.29 is 4.79 Å². The van der Waals surface area contributed by atoms with Gasteiger partial charge < -0.3 is 15.1 Å². The number of carbonyl (C=O) groups is 1. The molecule has 1 aliphatic rings. The number of piperazine rings is 1. The zero-order chi connectivity index (χ0) is 22.8. The number of halogens is 1. The smallest absolute Gasteiger partial charge is 0.230 e. The largest absolute Gasteiger partial charge is 0.354 e. The van der Waals surface area contributed by atoms with Crippen molar-refractivity contribution in [2.45, 2.75) is 5.16 Å². The van der Waals surface area contributed by atoms with Gasteiger partial charge in [-0.25, -0.2) is 9.97 Å². The van der Waals surface area contributed by atoms with Crippen LogP contribution in [0.4, 0.5) is 5.82 Å². The second kappa shape index (κ2) is 12.8. The molecule has 1 aromatic carbocycles. The molecule has 172 valence electrons. The summed E-state index contributed by atoms with van der Waals surface area (Å²) in [7, 11) is 3.95. The first-order valence-electron chi connectivity index (χ1n) is 10.8. The Labute approximate surface area is 199 Å². The standard InChI is InChI=1S/C23H31ClN6OS/c1-28(2)12-10-25-22(31)18-32-23-26-20(24)17-21(27-23)30-15-13-29(14-16-30)11-6-9-19-7-4-3-5-8-19/h3-9,17H,10-16,18H2,1-2H3,(H,25,31). The Balaban J connectivity index is 1.46. The third kappa shape index (κ3) is 8.43. The van der Waals surface area contributed by atoms with E-state index < -0.39 is 0 Å². The van der Waals surface area contributed by atoms with Crippen molar-refractivity contribution in [1.29, 1.82) is 0 Å². The summed E-state index contributed by atoms with van der Waals surface area (Å²) in [5.41, 5.74) is 1.22. The molecule has 2 heterocycles. The van der Waals surface area contributed by atoms with Crippen LogP contribution in [-0.4, -0.2) is 91.3 Å². The lowest BCUT2D eigenvalue weighted by Crippen LogP contribution is -2.46. The molecule has 1 fully saturated rings. The summed E-state index contributed by atoms with van der Waals surface area (Å²) in [5.74, 6) is 1.06. The number of anilines is 1. The van der Waals surface area contributed by atoms with E-state index in [2.05, 4.69) is 61.5 Å². The van der Waals surface area contributed by atoms with E-state index in [0.29, 0.717) is 16.9 Å². The van der Waals surface area contributed by atoms with Crippen molar-refractivity contribution in [1.82, 2.24) is 25.1 Å². The molecule has 1 N–H and O–H groups in total. The number of likely N-dealkylation sites (N-methyl/N-ethyl adjacent to an activating group) is 1. The third-order valence-electron chi connectivity index (χ3n) is 5.04. The van der Waals surface area contributed by atoms with Gasteiger partial charge in [0.15, 0.2) is 5.16 Å². The van der Waals surface area contributed by atoms with E-state index >= 15 is 0 Å². The lowest BCUT2D eigenvalue weighted by Gasteiger charge is -2.35. The zero-order valence-corrected chi connectivity index (χ0v) is 20.3. The molecule has 1 saturated heterocycles. The van der Waals surface area contributed by atoms with Crippen LogP contribution in [0.1, 0.15) is 5.56 Å². The van der Waals surface area contributed by atoms with Gasteiger partial charge in [-0.1, -0.05) is 65.8 Å². The number of hydrogen-bond acceptors (Lipinski definition) is 7. The number of thioether (sulfide) groups is 1. The van der Waals surface area contributed by atoms with Gasteiger partial charge in [0.1, 0.15) is 11.0 Å². The minimum Gasteiger partial charge on any atom is -0.354 e. The molecule has 0 saturated carbocycles. The van der Waals surface area contributed by atoms with Crippen LogP contribution in [0.25, 0.3) is 6.08 Å². The average molecular weight is 475 g/mol. The van der Waals surface area contributed by atoms with E-state index in [1.54, 1.807) is 6.07 Å². The number of hydrogen-bond donors (Lipinski definition) is 1. The molecule has 0 unspecified atom stereocenters. The molecular formula is C23H31ClN6OS. The monoisotopic (exact) mass is 474 g/mol. The van der Waals surface area contributed by atoms with Crippen LogP contribution in [0.15, 0.2) is 47.6 Å². The fraction of sp³-hybridized carbons (Fsp3) is 0.435. The van der Waals surface area contributed by atoms with Gasteiger partial charge >= 0.3 is 0 Å². The molecule has 7 nitrogen and oxygen atoms in total. The maximum atomic E-state index is 12.0. The minimum atomic E-state index is -0.0286. The fourth-order valence-corrected chi connectivity index (χ4v) is 4.18. The number of nitrogens with zero attached hydrogens (tertiary/aromatic N) is 5. The Bertz CT molecular complexity index is 887. The van der Waals surface area contributed by atoms with Crippen molar-refractivity contribution >= 4 is 41.2 Å². The van der Waals surface area contributed by atoms with Crippen molar-refractivity contribution in [3.63, 3.8) is 0 Å². The number of nitrogens with one attached hydrogen (secondary N) is 1. The predicted molar refractivity (Wildman–Crippen MR) is 133 cm³/mol. The Morgan fingerprint density at radius 3 is 2.66 bits per heavy atom. The number of amides is 1. The van der Waals surface area contributed by atoms with E-state index in [9.17, 15) is 4.79 Å².